The highest BCUT2D eigenvalue weighted by Crippen LogP contribution is 2.25. The molecule has 2 rings (SSSR count). The SMILES string of the molecule is O=C(O)Cc1ccccc1CNC(=O)NCC1CCC1. The third-order valence-corrected chi connectivity index (χ3v) is 3.68. The van der Waals surface area contributed by atoms with Crippen molar-refractivity contribution in [2.45, 2.75) is 32.2 Å². The van der Waals surface area contributed by atoms with Crippen molar-refractivity contribution in [3.8, 4) is 0 Å². The van der Waals surface area contributed by atoms with Gasteiger partial charge < -0.3 is 15.7 Å². The van der Waals surface area contributed by atoms with E-state index in [1.807, 2.05) is 12.1 Å². The van der Waals surface area contributed by atoms with Crippen LogP contribution in [0.4, 0.5) is 4.79 Å². The summed E-state index contributed by atoms with van der Waals surface area (Å²) in [7, 11) is 0. The minimum Gasteiger partial charge on any atom is -0.481 e. The minimum absolute atomic E-state index is 0.0262. The number of aliphatic carboxylic acids is 1. The first kappa shape index (κ1) is 14.4. The van der Waals surface area contributed by atoms with E-state index in [1.54, 1.807) is 12.1 Å². The molecule has 0 heterocycles. The summed E-state index contributed by atoms with van der Waals surface area (Å²) in [5, 5.41) is 14.5. The monoisotopic (exact) mass is 276 g/mol. The molecule has 0 saturated heterocycles. The Morgan fingerprint density at radius 3 is 2.45 bits per heavy atom. The molecular weight excluding hydrogens is 256 g/mol. The average molecular weight is 276 g/mol. The maximum absolute atomic E-state index is 11.7. The quantitative estimate of drug-likeness (QED) is 0.742. The van der Waals surface area contributed by atoms with Gasteiger partial charge in [0.1, 0.15) is 0 Å². The smallest absolute Gasteiger partial charge is 0.315 e. The van der Waals surface area contributed by atoms with E-state index in [0.29, 0.717) is 12.5 Å². The Kier molecular flexibility index (Phi) is 4.98. The molecule has 1 fully saturated rings. The highest BCUT2D eigenvalue weighted by atomic mass is 16.4. The molecular formula is C15H20N2O3. The van der Waals surface area contributed by atoms with Gasteiger partial charge >= 0.3 is 12.0 Å². The van der Waals surface area contributed by atoms with Crippen LogP contribution in [0.1, 0.15) is 30.4 Å². The molecule has 1 aliphatic rings. The van der Waals surface area contributed by atoms with Crippen molar-refractivity contribution in [2.24, 2.45) is 5.92 Å². The number of hydrogen-bond donors (Lipinski definition) is 3. The van der Waals surface area contributed by atoms with Gasteiger partial charge in [0.2, 0.25) is 0 Å². The number of hydrogen-bond acceptors (Lipinski definition) is 2. The molecule has 1 aliphatic carbocycles. The number of carboxylic acid groups (broad SMARTS) is 1. The molecule has 108 valence electrons. The fraction of sp³-hybridized carbons (Fsp3) is 0.467. The number of carbonyl (C=O) groups is 2. The summed E-state index contributed by atoms with van der Waals surface area (Å²) >= 11 is 0. The topological polar surface area (TPSA) is 78.4 Å². The van der Waals surface area contributed by atoms with Crippen LogP contribution >= 0.6 is 0 Å². The van der Waals surface area contributed by atoms with E-state index in [0.717, 1.165) is 17.7 Å². The van der Waals surface area contributed by atoms with Gasteiger partial charge in [-0.3, -0.25) is 4.79 Å². The highest BCUT2D eigenvalue weighted by Gasteiger charge is 2.17. The van der Waals surface area contributed by atoms with Gasteiger partial charge in [-0.2, -0.15) is 0 Å². The van der Waals surface area contributed by atoms with Crippen LogP contribution in [0.25, 0.3) is 0 Å². The number of urea groups is 1. The summed E-state index contributed by atoms with van der Waals surface area (Å²) < 4.78 is 0. The normalized spacial score (nSPS) is 14.4. The lowest BCUT2D eigenvalue weighted by Crippen LogP contribution is -2.39. The van der Waals surface area contributed by atoms with Crippen molar-refractivity contribution < 1.29 is 14.7 Å². The number of benzene rings is 1. The van der Waals surface area contributed by atoms with Crippen LogP contribution in [0, 0.1) is 5.92 Å². The van der Waals surface area contributed by atoms with E-state index in [1.165, 1.54) is 19.3 Å². The summed E-state index contributed by atoms with van der Waals surface area (Å²) in [6, 6.07) is 7.07. The van der Waals surface area contributed by atoms with Crippen molar-refractivity contribution in [3.05, 3.63) is 35.4 Å². The second kappa shape index (κ2) is 6.93. The van der Waals surface area contributed by atoms with Crippen LogP contribution in [-0.2, 0) is 17.8 Å². The van der Waals surface area contributed by atoms with Gasteiger partial charge in [0.15, 0.2) is 0 Å². The zero-order chi connectivity index (χ0) is 14.4. The van der Waals surface area contributed by atoms with Crippen molar-refractivity contribution in [2.75, 3.05) is 6.54 Å². The first-order chi connectivity index (χ1) is 9.65. The van der Waals surface area contributed by atoms with Crippen molar-refractivity contribution in [1.29, 1.82) is 0 Å². The van der Waals surface area contributed by atoms with Crippen LogP contribution in [-0.4, -0.2) is 23.7 Å². The lowest BCUT2D eigenvalue weighted by Gasteiger charge is -2.25. The summed E-state index contributed by atoms with van der Waals surface area (Å²) in [5.74, 6) is -0.244. The molecule has 0 spiro atoms. The van der Waals surface area contributed by atoms with Gasteiger partial charge in [-0.25, -0.2) is 4.79 Å². The zero-order valence-corrected chi connectivity index (χ0v) is 11.4. The molecule has 1 aromatic carbocycles. The first-order valence-corrected chi connectivity index (χ1v) is 6.95. The predicted octanol–water partition coefficient (Wildman–Crippen LogP) is 1.91. The summed E-state index contributed by atoms with van der Waals surface area (Å²) in [6.45, 7) is 1.07. The third kappa shape index (κ3) is 4.26. The molecule has 3 N–H and O–H groups in total. The first-order valence-electron chi connectivity index (χ1n) is 6.95. The molecule has 0 radical (unpaired) electrons. The van der Waals surface area contributed by atoms with Crippen LogP contribution in [0.15, 0.2) is 24.3 Å². The van der Waals surface area contributed by atoms with Crippen molar-refractivity contribution in [1.82, 2.24) is 10.6 Å². The Hall–Kier alpha value is -2.04. The Bertz CT molecular complexity index is 484. The van der Waals surface area contributed by atoms with Crippen LogP contribution in [0.2, 0.25) is 0 Å². The van der Waals surface area contributed by atoms with Crippen molar-refractivity contribution in [3.63, 3.8) is 0 Å². The lowest BCUT2D eigenvalue weighted by atomic mass is 9.85. The van der Waals surface area contributed by atoms with E-state index < -0.39 is 5.97 Å². The van der Waals surface area contributed by atoms with E-state index in [2.05, 4.69) is 10.6 Å². The molecule has 0 bridgehead atoms. The molecule has 0 aromatic heterocycles. The maximum Gasteiger partial charge on any atom is 0.315 e. The average Bonchev–Trinajstić information content (AvgIpc) is 2.35. The van der Waals surface area contributed by atoms with Gasteiger partial charge in [-0.05, 0) is 29.9 Å². The Labute approximate surface area is 118 Å². The van der Waals surface area contributed by atoms with Crippen LogP contribution in [0.5, 0.6) is 0 Å². The molecule has 5 heteroatoms. The summed E-state index contributed by atoms with van der Waals surface area (Å²) in [6.07, 6.45) is 3.63. The molecule has 1 aromatic rings. The number of nitrogens with one attached hydrogen (secondary N) is 2. The Morgan fingerprint density at radius 2 is 1.85 bits per heavy atom. The van der Waals surface area contributed by atoms with Gasteiger partial charge in [-0.1, -0.05) is 30.7 Å². The molecule has 0 aliphatic heterocycles. The van der Waals surface area contributed by atoms with E-state index >= 15 is 0 Å². The van der Waals surface area contributed by atoms with Crippen LogP contribution < -0.4 is 10.6 Å². The van der Waals surface area contributed by atoms with E-state index in [-0.39, 0.29) is 12.5 Å². The third-order valence-electron chi connectivity index (χ3n) is 3.68. The summed E-state index contributed by atoms with van der Waals surface area (Å²) in [5.41, 5.74) is 1.58. The maximum atomic E-state index is 11.7. The summed E-state index contributed by atoms with van der Waals surface area (Å²) in [4.78, 5) is 22.4. The largest absolute Gasteiger partial charge is 0.481 e. The van der Waals surface area contributed by atoms with Crippen LogP contribution in [0.3, 0.4) is 0 Å². The Balaban J connectivity index is 1.80. The highest BCUT2D eigenvalue weighted by molar-refractivity contribution is 5.74. The second-order valence-corrected chi connectivity index (χ2v) is 5.20. The molecule has 0 unspecified atom stereocenters. The lowest BCUT2D eigenvalue weighted by molar-refractivity contribution is -0.136. The molecule has 2 amide bonds. The number of amides is 2. The number of carbonyl (C=O) groups excluding carboxylic acids is 1. The number of carboxylic acids is 1. The van der Waals surface area contributed by atoms with Gasteiger partial charge in [0, 0.05) is 13.1 Å². The molecule has 1 saturated carbocycles. The molecule has 20 heavy (non-hydrogen) atoms. The Morgan fingerprint density at radius 1 is 1.15 bits per heavy atom. The molecule has 0 atom stereocenters. The standard InChI is InChI=1S/C15H20N2O3/c18-14(19)8-12-6-1-2-7-13(12)10-17-15(20)16-9-11-4-3-5-11/h1-2,6-7,11H,3-5,8-10H2,(H,18,19)(H2,16,17,20). The second-order valence-electron chi connectivity index (χ2n) is 5.20. The van der Waals surface area contributed by atoms with E-state index in [9.17, 15) is 9.59 Å². The van der Waals surface area contributed by atoms with Gasteiger partial charge in [0.05, 0.1) is 6.42 Å². The van der Waals surface area contributed by atoms with Crippen molar-refractivity contribution >= 4 is 12.0 Å². The zero-order valence-electron chi connectivity index (χ0n) is 11.4. The predicted molar refractivity (Wildman–Crippen MR) is 75.4 cm³/mol. The fourth-order valence-corrected chi connectivity index (χ4v) is 2.24. The van der Waals surface area contributed by atoms with Gasteiger partial charge in [-0.15, -0.1) is 0 Å². The van der Waals surface area contributed by atoms with Gasteiger partial charge in [0.25, 0.3) is 0 Å². The molecule has 5 nitrogen and oxygen atoms in total. The fourth-order valence-electron chi connectivity index (χ4n) is 2.24. The van der Waals surface area contributed by atoms with E-state index in [4.69, 9.17) is 5.11 Å². The minimum atomic E-state index is -0.869. The number of rotatable bonds is 6.